The van der Waals surface area contributed by atoms with Crippen LogP contribution in [0.25, 0.3) is 11.4 Å². The van der Waals surface area contributed by atoms with Crippen LogP contribution in [0.5, 0.6) is 0 Å². The molecule has 2 N–H and O–H groups in total. The number of nitrogens with two attached hydrogens (primary N) is 1. The highest BCUT2D eigenvalue weighted by atomic mass is 14.8. The first-order chi connectivity index (χ1) is 18.7. The van der Waals surface area contributed by atoms with E-state index in [1.54, 1.807) is 0 Å². The smallest absolute Gasteiger partial charge is 0.241 e. The second kappa shape index (κ2) is 11.9. The SMILES string of the molecule is C=C(/N=C(\C=C(/N)c1ccc(B(c2ccccc2)c2ccccc2)cc1)c1ccccc1)c1ccccc1. The lowest BCUT2D eigenvalue weighted by Gasteiger charge is -2.16. The summed E-state index contributed by atoms with van der Waals surface area (Å²) in [6.07, 6.45) is 1.93. The maximum absolute atomic E-state index is 6.65. The lowest BCUT2D eigenvalue weighted by atomic mass is 9.37. The van der Waals surface area contributed by atoms with Crippen molar-refractivity contribution in [2.24, 2.45) is 10.7 Å². The monoisotopic (exact) mass is 488 g/mol. The Kier molecular flexibility index (Phi) is 7.76. The van der Waals surface area contributed by atoms with Crippen LogP contribution in [0.1, 0.15) is 16.7 Å². The molecule has 0 spiro atoms. The molecule has 0 saturated heterocycles. The topological polar surface area (TPSA) is 38.4 Å². The molecule has 0 aromatic heterocycles. The normalized spacial score (nSPS) is 11.7. The number of hydrogen-bond donors (Lipinski definition) is 1. The number of aliphatic imine (C=N–C) groups is 1. The molecule has 0 aliphatic rings. The van der Waals surface area contributed by atoms with Gasteiger partial charge in [0.1, 0.15) is 0 Å². The number of allylic oxidation sites excluding steroid dienone is 1. The Morgan fingerprint density at radius 1 is 0.526 bits per heavy atom. The molecule has 0 aliphatic heterocycles. The standard InChI is InChI=1S/C35H29BN2/c1-27(28-14-6-2-7-15-28)38-35(30-16-8-3-9-17-30)26-34(37)29-22-24-33(25-23-29)36(31-18-10-4-11-19-31)32-20-12-5-13-21-32/h2-26H,1,37H2/b34-26-,38-35+. The van der Waals surface area contributed by atoms with Gasteiger partial charge in [-0.25, -0.2) is 4.99 Å². The van der Waals surface area contributed by atoms with Crippen molar-refractivity contribution < 1.29 is 0 Å². The third-order valence-electron chi connectivity index (χ3n) is 6.57. The van der Waals surface area contributed by atoms with Crippen molar-refractivity contribution in [2.75, 3.05) is 0 Å². The van der Waals surface area contributed by atoms with Crippen LogP contribution < -0.4 is 22.1 Å². The highest BCUT2D eigenvalue weighted by molar-refractivity contribution is 6.95. The van der Waals surface area contributed by atoms with Gasteiger partial charge in [-0.3, -0.25) is 0 Å². The van der Waals surface area contributed by atoms with Crippen LogP contribution >= 0.6 is 0 Å². The number of nitrogens with zero attached hydrogens (tertiary/aromatic N) is 1. The average Bonchev–Trinajstić information content (AvgIpc) is 2.99. The summed E-state index contributed by atoms with van der Waals surface area (Å²) in [5.41, 5.74) is 15.4. The molecule has 2 nitrogen and oxygen atoms in total. The van der Waals surface area contributed by atoms with Gasteiger partial charge in [0.2, 0.25) is 6.71 Å². The van der Waals surface area contributed by atoms with Gasteiger partial charge in [0.15, 0.2) is 0 Å². The Labute approximate surface area is 225 Å². The van der Waals surface area contributed by atoms with E-state index in [-0.39, 0.29) is 6.71 Å². The molecule has 0 atom stereocenters. The van der Waals surface area contributed by atoms with Crippen LogP contribution in [0, 0.1) is 0 Å². The quantitative estimate of drug-likeness (QED) is 0.222. The third kappa shape index (κ3) is 5.91. The first kappa shape index (κ1) is 24.8. The molecule has 5 aromatic rings. The molecule has 0 fully saturated rings. The van der Waals surface area contributed by atoms with Crippen molar-refractivity contribution in [1.82, 2.24) is 0 Å². The Hall–Kier alpha value is -4.89. The molecule has 3 heteroatoms. The molecule has 0 heterocycles. The molecule has 0 saturated carbocycles. The number of hydrogen-bond acceptors (Lipinski definition) is 2. The van der Waals surface area contributed by atoms with Gasteiger partial charge in [-0.1, -0.05) is 169 Å². The molecule has 0 amide bonds. The van der Waals surface area contributed by atoms with Gasteiger partial charge in [0.25, 0.3) is 0 Å². The molecule has 0 unspecified atom stereocenters. The minimum atomic E-state index is 0.146. The Bertz CT molecular complexity index is 1500. The lowest BCUT2D eigenvalue weighted by Crippen LogP contribution is -2.51. The first-order valence-electron chi connectivity index (χ1n) is 12.7. The van der Waals surface area contributed by atoms with E-state index < -0.39 is 0 Å². The third-order valence-corrected chi connectivity index (χ3v) is 6.57. The first-order valence-corrected chi connectivity index (χ1v) is 12.7. The van der Waals surface area contributed by atoms with E-state index in [1.165, 1.54) is 16.4 Å². The molecule has 0 bridgehead atoms. The summed E-state index contributed by atoms with van der Waals surface area (Å²) in [6.45, 7) is 4.35. The van der Waals surface area contributed by atoms with E-state index in [1.807, 2.05) is 66.7 Å². The van der Waals surface area contributed by atoms with Gasteiger partial charge in [-0.2, -0.15) is 0 Å². The Balaban J connectivity index is 1.49. The molecule has 5 rings (SSSR count). The summed E-state index contributed by atoms with van der Waals surface area (Å²) in [5, 5.41) is 0. The van der Waals surface area contributed by atoms with E-state index in [9.17, 15) is 0 Å². The molecule has 38 heavy (non-hydrogen) atoms. The molecule has 5 aromatic carbocycles. The molecular formula is C35H29BN2. The molecule has 0 radical (unpaired) electrons. The van der Waals surface area contributed by atoms with Gasteiger partial charge in [0, 0.05) is 11.3 Å². The lowest BCUT2D eigenvalue weighted by molar-refractivity contribution is 1.49. The van der Waals surface area contributed by atoms with E-state index in [4.69, 9.17) is 10.7 Å². The maximum atomic E-state index is 6.65. The van der Waals surface area contributed by atoms with Gasteiger partial charge < -0.3 is 5.73 Å². The summed E-state index contributed by atoms with van der Waals surface area (Å²) in [7, 11) is 0. The van der Waals surface area contributed by atoms with Gasteiger partial charge in [0.05, 0.1) is 11.4 Å². The van der Waals surface area contributed by atoms with Gasteiger partial charge in [-0.05, 0) is 17.2 Å². The summed E-state index contributed by atoms with van der Waals surface area (Å²) in [4.78, 5) is 4.87. The highest BCUT2D eigenvalue weighted by Crippen LogP contribution is 2.17. The number of rotatable bonds is 8. The Morgan fingerprint density at radius 3 is 1.45 bits per heavy atom. The van der Waals surface area contributed by atoms with Crippen molar-refractivity contribution in [3.63, 3.8) is 0 Å². The van der Waals surface area contributed by atoms with Crippen LogP contribution in [0.4, 0.5) is 0 Å². The van der Waals surface area contributed by atoms with E-state index in [2.05, 4.69) is 91.5 Å². The summed E-state index contributed by atoms with van der Waals surface area (Å²) < 4.78 is 0. The number of benzene rings is 5. The van der Waals surface area contributed by atoms with Gasteiger partial charge >= 0.3 is 0 Å². The molecule has 0 aliphatic carbocycles. The second-order valence-electron chi connectivity index (χ2n) is 9.15. The van der Waals surface area contributed by atoms with Crippen molar-refractivity contribution in [3.05, 3.63) is 175 Å². The molecule has 182 valence electrons. The van der Waals surface area contributed by atoms with Crippen molar-refractivity contribution >= 4 is 40.2 Å². The van der Waals surface area contributed by atoms with Crippen LogP contribution in [0.2, 0.25) is 0 Å². The Morgan fingerprint density at radius 2 is 0.947 bits per heavy atom. The fourth-order valence-corrected chi connectivity index (χ4v) is 4.60. The van der Waals surface area contributed by atoms with Crippen LogP contribution in [0.3, 0.4) is 0 Å². The predicted octanol–water partition coefficient (Wildman–Crippen LogP) is 5.66. The van der Waals surface area contributed by atoms with Gasteiger partial charge in [-0.15, -0.1) is 0 Å². The minimum absolute atomic E-state index is 0.146. The van der Waals surface area contributed by atoms with Crippen molar-refractivity contribution in [2.45, 2.75) is 0 Å². The zero-order valence-corrected chi connectivity index (χ0v) is 21.2. The van der Waals surface area contributed by atoms with E-state index in [0.29, 0.717) is 11.4 Å². The average molecular weight is 488 g/mol. The fourth-order valence-electron chi connectivity index (χ4n) is 4.60. The fraction of sp³-hybridized carbons (Fsp3) is 0. The summed E-state index contributed by atoms with van der Waals surface area (Å²) >= 11 is 0. The summed E-state index contributed by atoms with van der Waals surface area (Å²) in [6, 6.07) is 49.8. The van der Waals surface area contributed by atoms with Crippen molar-refractivity contribution in [1.29, 1.82) is 0 Å². The second-order valence-corrected chi connectivity index (χ2v) is 9.15. The minimum Gasteiger partial charge on any atom is -0.398 e. The van der Waals surface area contributed by atoms with Crippen molar-refractivity contribution in [3.8, 4) is 0 Å². The molecular weight excluding hydrogens is 459 g/mol. The van der Waals surface area contributed by atoms with Crippen LogP contribution in [0.15, 0.2) is 163 Å². The van der Waals surface area contributed by atoms with E-state index >= 15 is 0 Å². The van der Waals surface area contributed by atoms with Crippen LogP contribution in [-0.4, -0.2) is 12.4 Å². The maximum Gasteiger partial charge on any atom is 0.241 e. The zero-order valence-electron chi connectivity index (χ0n) is 21.2. The largest absolute Gasteiger partial charge is 0.398 e. The predicted molar refractivity (Wildman–Crippen MR) is 165 cm³/mol. The summed E-state index contributed by atoms with van der Waals surface area (Å²) in [5.74, 6) is 0. The van der Waals surface area contributed by atoms with E-state index in [0.717, 1.165) is 22.4 Å². The van der Waals surface area contributed by atoms with Crippen LogP contribution in [-0.2, 0) is 0 Å². The zero-order chi connectivity index (χ0) is 26.2. The highest BCUT2D eigenvalue weighted by Gasteiger charge is 2.21.